The molecule has 2 heterocycles. The third-order valence-corrected chi connectivity index (χ3v) is 8.19. The van der Waals surface area contributed by atoms with Crippen molar-refractivity contribution in [2.75, 3.05) is 10.9 Å². The first-order chi connectivity index (χ1) is 23.9. The number of halogens is 6. The number of carboxylic acids is 2. The van der Waals surface area contributed by atoms with Crippen molar-refractivity contribution >= 4 is 46.9 Å². The van der Waals surface area contributed by atoms with Crippen LogP contribution in [0.4, 0.5) is 37.7 Å². The molecular weight excluding hydrogens is 694 g/mol. The van der Waals surface area contributed by atoms with Crippen molar-refractivity contribution in [1.82, 2.24) is 10.0 Å². The molecular formula is C33H18F6N4O8. The predicted molar refractivity (Wildman–Crippen MR) is 161 cm³/mol. The lowest BCUT2D eigenvalue weighted by molar-refractivity contribution is -0.288. The summed E-state index contributed by atoms with van der Waals surface area (Å²) in [6, 6.07) is 11.9. The zero-order chi connectivity index (χ0) is 37.2. The van der Waals surface area contributed by atoms with E-state index in [1.165, 1.54) is 36.4 Å². The average Bonchev–Trinajstić information content (AvgIpc) is 3.43. The number of hydrogen-bond donors (Lipinski definition) is 4. The molecule has 2 aliphatic heterocycles. The topological polar surface area (TPSA) is 173 Å². The number of rotatable bonds is 8. The summed E-state index contributed by atoms with van der Waals surface area (Å²) in [6.07, 6.45) is -12.4. The monoisotopic (exact) mass is 712 g/mol. The third-order valence-electron chi connectivity index (χ3n) is 8.19. The molecule has 0 saturated carbocycles. The van der Waals surface area contributed by atoms with Crippen molar-refractivity contribution in [2.45, 2.75) is 17.8 Å². The van der Waals surface area contributed by atoms with Gasteiger partial charge in [0.2, 0.25) is 5.41 Å². The van der Waals surface area contributed by atoms with Gasteiger partial charge >= 0.3 is 24.3 Å². The van der Waals surface area contributed by atoms with E-state index in [2.05, 4.69) is 10.9 Å². The normalized spacial score (nSPS) is 14.5. The molecule has 260 valence electrons. The Morgan fingerprint density at radius 2 is 0.863 bits per heavy atom. The first-order valence-electron chi connectivity index (χ1n) is 14.3. The van der Waals surface area contributed by atoms with Crippen LogP contribution in [0.3, 0.4) is 0 Å². The highest BCUT2D eigenvalue weighted by Gasteiger charge is 2.73. The van der Waals surface area contributed by atoms with Gasteiger partial charge in [-0.05, 0) is 71.8 Å². The Morgan fingerprint density at radius 1 is 0.510 bits per heavy atom. The molecule has 0 bridgehead atoms. The number of aromatic carboxylic acids is 2. The second-order valence-corrected chi connectivity index (χ2v) is 11.2. The van der Waals surface area contributed by atoms with E-state index in [0.717, 1.165) is 12.1 Å². The van der Waals surface area contributed by atoms with Gasteiger partial charge in [0.05, 0.1) is 44.8 Å². The molecule has 4 amide bonds. The van der Waals surface area contributed by atoms with Crippen molar-refractivity contribution in [2.24, 2.45) is 0 Å². The maximum Gasteiger partial charge on any atom is 0.411 e. The second-order valence-electron chi connectivity index (χ2n) is 11.2. The molecule has 51 heavy (non-hydrogen) atoms. The summed E-state index contributed by atoms with van der Waals surface area (Å²) in [6.45, 7) is 0. The van der Waals surface area contributed by atoms with Crippen LogP contribution < -0.4 is 10.9 Å². The maximum atomic E-state index is 15.1. The number of carbonyl (C=O) groups is 6. The summed E-state index contributed by atoms with van der Waals surface area (Å²) >= 11 is 0. The molecule has 0 fully saturated rings. The minimum Gasteiger partial charge on any atom is -0.478 e. The van der Waals surface area contributed by atoms with Crippen molar-refractivity contribution in [1.29, 1.82) is 0 Å². The van der Waals surface area contributed by atoms with Gasteiger partial charge in [-0.25, -0.2) is 9.59 Å². The van der Waals surface area contributed by atoms with E-state index < -0.39 is 86.7 Å². The molecule has 0 aliphatic carbocycles. The smallest absolute Gasteiger partial charge is 0.411 e. The molecule has 0 radical (unpaired) electrons. The highest BCUT2D eigenvalue weighted by Crippen LogP contribution is 2.57. The molecule has 0 spiro atoms. The molecule has 18 heteroatoms. The molecule has 6 rings (SSSR count). The summed E-state index contributed by atoms with van der Waals surface area (Å²) in [5.41, 5.74) is -6.93. The summed E-state index contributed by atoms with van der Waals surface area (Å²) in [7, 11) is 0. The van der Waals surface area contributed by atoms with E-state index >= 15 is 26.3 Å². The summed E-state index contributed by atoms with van der Waals surface area (Å²) in [4.78, 5) is 75.2. The van der Waals surface area contributed by atoms with Crippen LogP contribution in [0.25, 0.3) is 0 Å². The number of carbonyl (C=O) groups excluding carboxylic acids is 4. The van der Waals surface area contributed by atoms with Crippen molar-refractivity contribution < 1.29 is 65.3 Å². The first kappa shape index (κ1) is 34.2. The maximum absolute atomic E-state index is 15.1. The van der Waals surface area contributed by atoms with Crippen molar-refractivity contribution in [3.63, 3.8) is 0 Å². The number of anilines is 2. The van der Waals surface area contributed by atoms with Gasteiger partial charge in [0.25, 0.3) is 23.6 Å². The van der Waals surface area contributed by atoms with Crippen molar-refractivity contribution in [3.8, 4) is 0 Å². The standard InChI is InChI=1S/C33H18F6N4O8/c34-32(35,36)31(33(37,38)39,17-7-9-21-23(13-17)27(46)42(25(21)44)40-19-5-1-3-15(11-19)29(48)49)18-8-10-22-24(14-18)28(47)43(26(22)45)41-20-6-2-4-16(12-20)30(50)51/h1-14,40-41H,(H,48,49)(H,50,51). The Bertz CT molecular complexity index is 2060. The Labute approximate surface area is 280 Å². The van der Waals surface area contributed by atoms with Crippen molar-refractivity contribution in [3.05, 3.63) is 129 Å². The van der Waals surface area contributed by atoms with E-state index in [0.29, 0.717) is 34.3 Å². The average molecular weight is 713 g/mol. The van der Waals surface area contributed by atoms with E-state index in [9.17, 15) is 39.0 Å². The molecule has 4 aromatic rings. The third kappa shape index (κ3) is 5.36. The highest BCUT2D eigenvalue weighted by molar-refractivity contribution is 6.23. The van der Waals surface area contributed by atoms with Gasteiger partial charge in [-0.1, -0.05) is 24.3 Å². The van der Waals surface area contributed by atoms with Gasteiger partial charge < -0.3 is 10.2 Å². The Balaban J connectivity index is 1.42. The fourth-order valence-corrected chi connectivity index (χ4v) is 5.84. The lowest BCUT2D eigenvalue weighted by Gasteiger charge is -2.38. The van der Waals surface area contributed by atoms with Crippen LogP contribution in [0.2, 0.25) is 0 Å². The summed E-state index contributed by atoms with van der Waals surface area (Å²) < 4.78 is 90.4. The molecule has 0 unspecified atom stereocenters. The Morgan fingerprint density at radius 3 is 1.20 bits per heavy atom. The minimum absolute atomic E-state index is 0.111. The van der Waals surface area contributed by atoms with Gasteiger partial charge in [0, 0.05) is 0 Å². The molecule has 0 aromatic heterocycles. The Kier molecular flexibility index (Phi) is 7.84. The largest absolute Gasteiger partial charge is 0.478 e. The number of nitrogens with zero attached hydrogens (tertiary/aromatic N) is 2. The summed E-state index contributed by atoms with van der Waals surface area (Å²) in [5.74, 6) is -7.75. The van der Waals surface area contributed by atoms with E-state index in [1.807, 2.05) is 0 Å². The van der Waals surface area contributed by atoms with Crippen LogP contribution in [0.1, 0.15) is 73.3 Å². The van der Waals surface area contributed by atoms with Crippen LogP contribution >= 0.6 is 0 Å². The van der Waals surface area contributed by atoms with E-state index in [4.69, 9.17) is 0 Å². The number of nitrogens with one attached hydrogen (secondary N) is 2. The zero-order valence-electron chi connectivity index (χ0n) is 25.1. The molecule has 4 N–H and O–H groups in total. The van der Waals surface area contributed by atoms with E-state index in [-0.39, 0.29) is 34.6 Å². The number of carboxylic acid groups (broad SMARTS) is 2. The fourth-order valence-electron chi connectivity index (χ4n) is 5.84. The second kappa shape index (κ2) is 11.7. The number of hydrogen-bond acceptors (Lipinski definition) is 8. The Hall–Kier alpha value is -6.72. The number of fused-ring (bicyclic) bond motifs is 2. The highest BCUT2D eigenvalue weighted by atomic mass is 19.4. The number of amides is 4. The molecule has 12 nitrogen and oxygen atoms in total. The predicted octanol–water partition coefficient (Wildman–Crippen LogP) is 5.74. The molecule has 4 aromatic carbocycles. The van der Waals surface area contributed by atoms with Gasteiger partial charge in [-0.15, -0.1) is 0 Å². The number of alkyl halides is 6. The quantitative estimate of drug-likeness (QED) is 0.130. The SMILES string of the molecule is O=C(O)c1cccc(NN2C(=O)c3ccc(C(c4ccc5c(c4)C(=O)N(Nc4cccc(C(=O)O)c4)C5=O)(C(F)(F)F)C(F)(F)F)cc3C2=O)c1. The number of hydrazine groups is 2. The van der Waals surface area contributed by atoms with Gasteiger partial charge in [0.15, 0.2) is 0 Å². The number of benzene rings is 4. The lowest BCUT2D eigenvalue weighted by atomic mass is 9.71. The van der Waals surface area contributed by atoms with Gasteiger partial charge in [-0.3, -0.25) is 30.0 Å². The van der Waals surface area contributed by atoms with Crippen LogP contribution in [0, 0.1) is 0 Å². The summed E-state index contributed by atoms with van der Waals surface area (Å²) in [5, 5.41) is 19.0. The fraction of sp³-hybridized carbons (Fsp3) is 0.0909. The zero-order valence-corrected chi connectivity index (χ0v) is 25.1. The van der Waals surface area contributed by atoms with Crippen LogP contribution in [0.5, 0.6) is 0 Å². The lowest BCUT2D eigenvalue weighted by Crippen LogP contribution is -2.55. The van der Waals surface area contributed by atoms with Crippen LogP contribution in [-0.4, -0.2) is 68.2 Å². The van der Waals surface area contributed by atoms with Crippen LogP contribution in [0.15, 0.2) is 84.9 Å². The molecule has 0 atom stereocenters. The first-order valence-corrected chi connectivity index (χ1v) is 14.3. The molecule has 0 saturated heterocycles. The molecule has 2 aliphatic rings. The van der Waals surface area contributed by atoms with Gasteiger partial charge in [-0.2, -0.15) is 36.4 Å². The number of imide groups is 2. The van der Waals surface area contributed by atoms with E-state index in [1.54, 1.807) is 0 Å². The van der Waals surface area contributed by atoms with Crippen LogP contribution in [-0.2, 0) is 5.41 Å². The minimum atomic E-state index is -6.20. The van der Waals surface area contributed by atoms with Gasteiger partial charge in [0.1, 0.15) is 0 Å².